The summed E-state index contributed by atoms with van der Waals surface area (Å²) in [5.41, 5.74) is 2.69. The first kappa shape index (κ1) is 13.1. The Labute approximate surface area is 113 Å². The van der Waals surface area contributed by atoms with Crippen molar-refractivity contribution >= 4 is 15.9 Å². The Bertz CT molecular complexity index is 392. The molecule has 0 saturated carbocycles. The molecular weight excluding hydrogens is 276 g/mol. The van der Waals surface area contributed by atoms with Gasteiger partial charge in [-0.25, -0.2) is 0 Å². The van der Waals surface area contributed by atoms with Gasteiger partial charge in [-0.2, -0.15) is 0 Å². The molecular formula is C14H21BrN2. The molecule has 0 aliphatic carbocycles. The number of aryl methyl sites for hydroxylation is 1. The molecule has 0 radical (unpaired) electrons. The highest BCUT2D eigenvalue weighted by atomic mass is 79.9. The van der Waals surface area contributed by atoms with E-state index in [0.29, 0.717) is 12.1 Å². The second-order valence-corrected chi connectivity index (χ2v) is 6.04. The van der Waals surface area contributed by atoms with Gasteiger partial charge in [0.15, 0.2) is 0 Å². The number of hydrogen-bond acceptors (Lipinski definition) is 2. The summed E-state index contributed by atoms with van der Waals surface area (Å²) in [6, 6.07) is 7.83. The van der Waals surface area contributed by atoms with Crippen molar-refractivity contribution in [3.63, 3.8) is 0 Å². The lowest BCUT2D eigenvalue weighted by Crippen LogP contribution is -2.53. The van der Waals surface area contributed by atoms with E-state index in [4.69, 9.17) is 0 Å². The Morgan fingerprint density at radius 3 is 2.88 bits per heavy atom. The average Bonchev–Trinajstić information content (AvgIpc) is 2.27. The van der Waals surface area contributed by atoms with Gasteiger partial charge in [-0.1, -0.05) is 28.1 Å². The second kappa shape index (κ2) is 5.51. The van der Waals surface area contributed by atoms with Gasteiger partial charge in [0.2, 0.25) is 0 Å². The molecule has 1 aliphatic heterocycles. The fourth-order valence-electron chi connectivity index (χ4n) is 2.32. The number of halogens is 1. The van der Waals surface area contributed by atoms with Crippen LogP contribution in [0.1, 0.15) is 25.0 Å². The predicted molar refractivity (Wildman–Crippen MR) is 76.2 cm³/mol. The molecule has 0 spiro atoms. The van der Waals surface area contributed by atoms with Gasteiger partial charge in [0.05, 0.1) is 0 Å². The third-order valence-corrected chi connectivity index (χ3v) is 4.21. The zero-order valence-electron chi connectivity index (χ0n) is 10.8. The quantitative estimate of drug-likeness (QED) is 0.903. The maximum atomic E-state index is 3.67. The van der Waals surface area contributed by atoms with E-state index in [0.717, 1.165) is 19.6 Å². The van der Waals surface area contributed by atoms with E-state index in [-0.39, 0.29) is 0 Å². The Kier molecular flexibility index (Phi) is 4.23. The van der Waals surface area contributed by atoms with E-state index in [9.17, 15) is 0 Å². The molecule has 2 unspecified atom stereocenters. The smallest absolute Gasteiger partial charge is 0.0248 e. The van der Waals surface area contributed by atoms with Crippen LogP contribution < -0.4 is 5.32 Å². The lowest BCUT2D eigenvalue weighted by Gasteiger charge is -2.37. The fourth-order valence-corrected chi connectivity index (χ4v) is 2.94. The van der Waals surface area contributed by atoms with Gasteiger partial charge in [-0.05, 0) is 38.0 Å². The number of nitrogens with one attached hydrogen (secondary N) is 1. The molecule has 1 aliphatic rings. The number of benzene rings is 1. The van der Waals surface area contributed by atoms with Crippen LogP contribution in [0.25, 0.3) is 0 Å². The van der Waals surface area contributed by atoms with Crippen LogP contribution in [0.3, 0.4) is 0 Å². The molecule has 1 saturated heterocycles. The molecule has 1 aromatic rings. The molecule has 0 bridgehead atoms. The maximum absolute atomic E-state index is 3.67. The summed E-state index contributed by atoms with van der Waals surface area (Å²) in [5.74, 6) is 0. The van der Waals surface area contributed by atoms with E-state index in [1.54, 1.807) is 0 Å². The van der Waals surface area contributed by atoms with Gasteiger partial charge >= 0.3 is 0 Å². The van der Waals surface area contributed by atoms with Crippen LogP contribution in [0, 0.1) is 6.92 Å². The highest BCUT2D eigenvalue weighted by molar-refractivity contribution is 9.10. The van der Waals surface area contributed by atoms with E-state index in [2.05, 4.69) is 65.1 Å². The summed E-state index contributed by atoms with van der Waals surface area (Å²) in [6.07, 6.45) is 0. The molecule has 3 heteroatoms. The van der Waals surface area contributed by atoms with Crippen LogP contribution >= 0.6 is 15.9 Å². The minimum Gasteiger partial charge on any atom is -0.311 e. The van der Waals surface area contributed by atoms with Gasteiger partial charge in [0.25, 0.3) is 0 Å². The highest BCUT2D eigenvalue weighted by Gasteiger charge is 2.22. The van der Waals surface area contributed by atoms with Crippen molar-refractivity contribution in [3.05, 3.63) is 33.8 Å². The number of rotatable bonds is 2. The monoisotopic (exact) mass is 296 g/mol. The van der Waals surface area contributed by atoms with Gasteiger partial charge in [0, 0.05) is 36.2 Å². The maximum Gasteiger partial charge on any atom is 0.0248 e. The molecule has 94 valence electrons. The Hall–Kier alpha value is -0.380. The standard InChI is InChI=1S/C14H21BrN2/c1-10-4-5-13(14(15)6-10)9-17-8-11(2)16-7-12(17)3/h4-6,11-12,16H,7-9H2,1-3H3. The topological polar surface area (TPSA) is 15.3 Å². The molecule has 1 fully saturated rings. The first-order chi connectivity index (χ1) is 8.06. The Morgan fingerprint density at radius 1 is 1.41 bits per heavy atom. The molecule has 17 heavy (non-hydrogen) atoms. The number of hydrogen-bond donors (Lipinski definition) is 1. The minimum atomic E-state index is 0.593. The molecule has 2 rings (SSSR count). The van der Waals surface area contributed by atoms with Crippen LogP contribution in [-0.2, 0) is 6.54 Å². The molecule has 2 nitrogen and oxygen atoms in total. The summed E-state index contributed by atoms with van der Waals surface area (Å²) >= 11 is 3.67. The van der Waals surface area contributed by atoms with Gasteiger partial charge in [-0.15, -0.1) is 0 Å². The van der Waals surface area contributed by atoms with Crippen molar-refractivity contribution in [3.8, 4) is 0 Å². The fraction of sp³-hybridized carbons (Fsp3) is 0.571. The van der Waals surface area contributed by atoms with Crippen molar-refractivity contribution in [1.82, 2.24) is 10.2 Å². The lowest BCUT2D eigenvalue weighted by molar-refractivity contribution is 0.138. The average molecular weight is 297 g/mol. The first-order valence-electron chi connectivity index (χ1n) is 6.28. The van der Waals surface area contributed by atoms with Crippen LogP contribution in [0.4, 0.5) is 0 Å². The van der Waals surface area contributed by atoms with Crippen LogP contribution in [-0.4, -0.2) is 30.1 Å². The first-order valence-corrected chi connectivity index (χ1v) is 7.08. The van der Waals surface area contributed by atoms with Crippen LogP contribution in [0.2, 0.25) is 0 Å². The van der Waals surface area contributed by atoms with Gasteiger partial charge < -0.3 is 5.32 Å². The third-order valence-electron chi connectivity index (χ3n) is 3.48. The third kappa shape index (κ3) is 3.30. The van der Waals surface area contributed by atoms with E-state index >= 15 is 0 Å². The zero-order chi connectivity index (χ0) is 12.4. The van der Waals surface area contributed by atoms with E-state index in [1.165, 1.54) is 15.6 Å². The van der Waals surface area contributed by atoms with Crippen molar-refractivity contribution < 1.29 is 0 Å². The molecule has 1 aromatic carbocycles. The summed E-state index contributed by atoms with van der Waals surface area (Å²) in [6.45, 7) is 9.92. The molecule has 2 atom stereocenters. The SMILES string of the molecule is Cc1ccc(CN2CC(C)NCC2C)c(Br)c1. The second-order valence-electron chi connectivity index (χ2n) is 5.18. The van der Waals surface area contributed by atoms with Crippen molar-refractivity contribution in [2.24, 2.45) is 0 Å². The predicted octanol–water partition coefficient (Wildman–Crippen LogP) is 2.94. The van der Waals surface area contributed by atoms with E-state index in [1.807, 2.05) is 0 Å². The Balaban J connectivity index is 2.08. The highest BCUT2D eigenvalue weighted by Crippen LogP contribution is 2.21. The summed E-state index contributed by atoms with van der Waals surface area (Å²) in [4.78, 5) is 2.55. The molecule has 0 amide bonds. The molecule has 1 heterocycles. The van der Waals surface area contributed by atoms with Gasteiger partial charge in [0.1, 0.15) is 0 Å². The minimum absolute atomic E-state index is 0.593. The largest absolute Gasteiger partial charge is 0.311 e. The van der Waals surface area contributed by atoms with E-state index < -0.39 is 0 Å². The Morgan fingerprint density at radius 2 is 2.18 bits per heavy atom. The summed E-state index contributed by atoms with van der Waals surface area (Å²) in [5, 5.41) is 3.52. The summed E-state index contributed by atoms with van der Waals surface area (Å²) < 4.78 is 1.23. The van der Waals surface area contributed by atoms with Crippen molar-refractivity contribution in [2.75, 3.05) is 13.1 Å². The normalized spacial score (nSPS) is 26.1. The summed E-state index contributed by atoms with van der Waals surface area (Å²) in [7, 11) is 0. The number of nitrogens with zero attached hydrogens (tertiary/aromatic N) is 1. The molecule has 1 N–H and O–H groups in total. The van der Waals surface area contributed by atoms with Crippen molar-refractivity contribution in [1.29, 1.82) is 0 Å². The van der Waals surface area contributed by atoms with Crippen LogP contribution in [0.5, 0.6) is 0 Å². The molecule has 0 aromatic heterocycles. The van der Waals surface area contributed by atoms with Crippen LogP contribution in [0.15, 0.2) is 22.7 Å². The lowest BCUT2D eigenvalue weighted by atomic mass is 10.1. The van der Waals surface area contributed by atoms with Gasteiger partial charge in [-0.3, -0.25) is 4.90 Å². The zero-order valence-corrected chi connectivity index (χ0v) is 12.4. The van der Waals surface area contributed by atoms with Crippen molar-refractivity contribution in [2.45, 2.75) is 39.4 Å². The number of piperazine rings is 1.